The molecule has 29 heteroatoms. The molecule has 0 atom stereocenters. The van der Waals surface area contributed by atoms with Crippen molar-refractivity contribution < 1.29 is 54.6 Å². The van der Waals surface area contributed by atoms with Gasteiger partial charge in [0.25, 0.3) is 5.91 Å². The molecule has 12 N–H and O–H groups in total. The summed E-state index contributed by atoms with van der Waals surface area (Å²) in [5.74, 6) is 1.37. The van der Waals surface area contributed by atoms with Crippen LogP contribution >= 0.6 is 0 Å². The lowest BCUT2D eigenvalue weighted by molar-refractivity contribution is -0.123. The normalized spacial score (nSPS) is 13.0. The fourth-order valence-corrected chi connectivity index (χ4v) is 7.60. The molecule has 0 saturated carbocycles. The van der Waals surface area contributed by atoms with E-state index in [-0.39, 0.29) is 63.7 Å². The average Bonchev–Trinajstić information content (AvgIpc) is 3.46. The number of hydrazine groups is 1. The van der Waals surface area contributed by atoms with Gasteiger partial charge in [-0.25, -0.2) is 20.9 Å². The molecule has 0 aliphatic carbocycles. The number of benzene rings is 6. The van der Waals surface area contributed by atoms with Crippen molar-refractivity contribution in [1.29, 1.82) is 0 Å². The number of phenols is 4. The highest BCUT2D eigenvalue weighted by Gasteiger charge is 2.20. The molecule has 2 amide bonds. The third-order valence-corrected chi connectivity index (χ3v) is 11.8. The number of hydrogen-bond donors (Lipinski definition) is 10. The number of amides is 2. The van der Waals surface area contributed by atoms with Gasteiger partial charge < -0.3 is 36.4 Å². The predicted molar refractivity (Wildman–Crippen MR) is 307 cm³/mol. The number of nitrogen functional groups attached to an aromatic ring is 1. The molecule has 8 rings (SSSR count). The number of hydrazone groups is 1. The van der Waals surface area contributed by atoms with Gasteiger partial charge in [-0.1, -0.05) is 94.2 Å². The van der Waals surface area contributed by atoms with Gasteiger partial charge in [0.2, 0.25) is 5.91 Å². The number of phenolic OH excluding ortho intramolecular Hbond substituents is 2. The van der Waals surface area contributed by atoms with Gasteiger partial charge in [0.05, 0.1) is 24.9 Å². The van der Waals surface area contributed by atoms with Gasteiger partial charge in [-0.2, -0.15) is 5.10 Å². The Balaban J connectivity index is 0.000000236. The average molecular weight is 1140 g/mol. The quantitative estimate of drug-likeness (QED) is 0.00525. The lowest BCUT2D eigenvalue weighted by atomic mass is 10.2. The Labute approximate surface area is 474 Å². The van der Waals surface area contributed by atoms with Crippen LogP contribution in [-0.4, -0.2) is 152 Å². The number of carboxylic acid groups (broad SMARTS) is 2. The molecule has 0 radical (unpaired) electrons. The number of piperazine rings is 2. The molecule has 2 aliphatic heterocycles. The Hall–Kier alpha value is -10.7. The summed E-state index contributed by atoms with van der Waals surface area (Å²) >= 11 is 0. The number of carbonyl (C=O) groups excluding carboxylic acids is 3. The number of hydrogen-bond acceptors (Lipinski definition) is 19. The van der Waals surface area contributed by atoms with E-state index in [4.69, 9.17) is 53.7 Å². The summed E-state index contributed by atoms with van der Waals surface area (Å²) in [6.45, 7) is 9.88. The maximum absolute atomic E-state index is 12.1. The second kappa shape index (κ2) is 35.0. The first-order chi connectivity index (χ1) is 39.9. The third-order valence-electron chi connectivity index (χ3n) is 11.8. The van der Waals surface area contributed by atoms with Crippen LogP contribution in [0.1, 0.15) is 47.8 Å². The summed E-state index contributed by atoms with van der Waals surface area (Å²) in [6, 6.07) is 36.8. The van der Waals surface area contributed by atoms with E-state index in [2.05, 4.69) is 102 Å². The van der Waals surface area contributed by atoms with Crippen LogP contribution in [0.15, 0.2) is 154 Å². The highest BCUT2D eigenvalue weighted by atomic mass is 16.4. The number of rotatable bonds is 16. The van der Waals surface area contributed by atoms with Crippen molar-refractivity contribution in [2.75, 3.05) is 71.2 Å². The zero-order chi connectivity index (χ0) is 60.5. The fourth-order valence-electron chi connectivity index (χ4n) is 7.60. The lowest BCUT2D eigenvalue weighted by Gasteiger charge is -2.34. The number of azide groups is 3. The fraction of sp³-hybridized carbons (Fsp3) is 0.222. The van der Waals surface area contributed by atoms with Crippen molar-refractivity contribution in [3.05, 3.63) is 198 Å². The number of aromatic carboxylic acids is 2. The maximum atomic E-state index is 12.1. The summed E-state index contributed by atoms with van der Waals surface area (Å²) < 4.78 is 0. The molecule has 83 heavy (non-hydrogen) atoms. The van der Waals surface area contributed by atoms with Gasteiger partial charge >= 0.3 is 11.9 Å². The second-order valence-corrected chi connectivity index (χ2v) is 17.7. The Morgan fingerprint density at radius 1 is 0.518 bits per heavy atom. The first kappa shape index (κ1) is 64.8. The van der Waals surface area contributed by atoms with Crippen molar-refractivity contribution >= 4 is 59.0 Å². The van der Waals surface area contributed by atoms with Crippen LogP contribution < -0.4 is 22.4 Å². The molecule has 0 spiro atoms. The summed E-state index contributed by atoms with van der Waals surface area (Å²) in [6.07, 6.45) is 1.88. The first-order valence-electron chi connectivity index (χ1n) is 24.9. The lowest BCUT2D eigenvalue weighted by Crippen LogP contribution is -2.49. The van der Waals surface area contributed by atoms with Crippen molar-refractivity contribution in [2.45, 2.75) is 13.1 Å². The van der Waals surface area contributed by atoms with E-state index >= 15 is 0 Å². The molecule has 6 aromatic carbocycles. The van der Waals surface area contributed by atoms with Crippen LogP contribution in [0.3, 0.4) is 0 Å². The summed E-state index contributed by atoms with van der Waals surface area (Å²) in [7, 11) is 0. The molecule has 432 valence electrons. The molecule has 29 nitrogen and oxygen atoms in total. The van der Waals surface area contributed by atoms with E-state index in [0.29, 0.717) is 29.8 Å². The Morgan fingerprint density at radius 2 is 0.904 bits per heavy atom. The number of nitrogens with zero attached hydrogens (tertiary/aromatic N) is 14. The maximum Gasteiger partial charge on any atom is 0.339 e. The minimum atomic E-state index is -1.23. The number of carbonyl (C=O) groups is 5. The molecule has 2 heterocycles. The smallest absolute Gasteiger partial charge is 0.339 e. The Kier molecular flexibility index (Phi) is 27.3. The number of carboxylic acids is 2. The number of anilines is 1. The van der Waals surface area contributed by atoms with Gasteiger partial charge in [0.15, 0.2) is 6.29 Å². The predicted octanol–water partition coefficient (Wildman–Crippen LogP) is 7.25. The Morgan fingerprint density at radius 3 is 1.29 bits per heavy atom. The van der Waals surface area contributed by atoms with Gasteiger partial charge in [0, 0.05) is 115 Å². The highest BCUT2D eigenvalue weighted by molar-refractivity contribution is 5.92. The molecular weight excluding hydrogens is 1080 g/mol. The van der Waals surface area contributed by atoms with Crippen LogP contribution in [0.5, 0.6) is 23.0 Å². The van der Waals surface area contributed by atoms with Gasteiger partial charge in [0.1, 0.15) is 34.1 Å². The number of aldehydes is 1. The van der Waals surface area contributed by atoms with Crippen molar-refractivity contribution in [3.63, 3.8) is 0 Å². The van der Waals surface area contributed by atoms with Gasteiger partial charge in [-0.15, -0.1) is 0 Å². The van der Waals surface area contributed by atoms with Crippen LogP contribution in [0, 0.1) is 0 Å². The van der Waals surface area contributed by atoms with Crippen molar-refractivity contribution in [3.8, 4) is 23.0 Å². The second-order valence-electron chi connectivity index (χ2n) is 17.7. The Bertz CT molecular complexity index is 3300. The molecular formula is C54H60N18O11. The monoisotopic (exact) mass is 1140 g/mol. The zero-order valence-electron chi connectivity index (χ0n) is 44.5. The highest BCUT2D eigenvalue weighted by Crippen LogP contribution is 2.25. The van der Waals surface area contributed by atoms with Crippen LogP contribution in [0.25, 0.3) is 31.3 Å². The summed E-state index contributed by atoms with van der Waals surface area (Å²) in [5, 5.41) is 67.8. The van der Waals surface area contributed by atoms with E-state index in [1.54, 1.807) is 12.1 Å². The molecule has 0 bridgehead atoms. The standard InChI is InChI=1S/C20H23N7O2.C13H20N4O.C7H5N3O3.C7H5N3O2.C7H7NO3/c21-25-23-18-7-6-17(19(28)12-18)13-22-24-20(29)15-27-10-8-26(9-11-27)14-16-4-2-1-3-5-16;14-15-13(18)11-17-8-6-16(7-9-17)10-12-4-2-1-3-5-12;8-10-9-4-1-2-5(7(12)13)6(11)3-4;8-10-9-6-2-1-5(4-11)7(12)3-6;8-4-1-2-5(7(10)11)6(9)3-4/h1-7,12-13,28H,8-11,14-15H2,(H,24,29);1-5H,6-11,14H2,(H,15,18);1-3,11H,(H,12,13);1-4,12H;1-3,9H,8H2,(H,10,11)/b22-13+;;;;. The minimum absolute atomic E-state index is 0.0811. The number of nitrogens with one attached hydrogen (secondary N) is 2. The van der Waals surface area contributed by atoms with Crippen molar-refractivity contribution in [2.24, 2.45) is 26.3 Å². The van der Waals surface area contributed by atoms with E-state index in [1.165, 1.54) is 71.9 Å². The van der Waals surface area contributed by atoms with Gasteiger partial charge in [-0.05, 0) is 76.3 Å². The summed E-state index contributed by atoms with van der Waals surface area (Å²) in [4.78, 5) is 70.9. The molecule has 6 aromatic rings. The van der Waals surface area contributed by atoms with E-state index in [0.717, 1.165) is 71.5 Å². The van der Waals surface area contributed by atoms with Crippen LogP contribution in [-0.2, 0) is 22.7 Å². The van der Waals surface area contributed by atoms with E-state index < -0.39 is 17.7 Å². The molecule has 0 aromatic heterocycles. The molecule has 2 fully saturated rings. The summed E-state index contributed by atoms with van der Waals surface area (Å²) in [5.41, 5.74) is 38.4. The number of nitrogens with two attached hydrogens (primary N) is 2. The number of aromatic hydroxyl groups is 4. The topological polar surface area (TPSA) is 454 Å². The van der Waals surface area contributed by atoms with Crippen LogP contribution in [0.4, 0.5) is 22.7 Å². The largest absolute Gasteiger partial charge is 0.507 e. The van der Waals surface area contributed by atoms with Crippen LogP contribution in [0.2, 0.25) is 0 Å². The minimum Gasteiger partial charge on any atom is -0.507 e. The first-order valence-corrected chi connectivity index (χ1v) is 24.9. The SMILES string of the molecule is NNC(=O)CN1CCN(Cc2ccccc2)CC1.Nc1ccc(C(=O)O)c(O)c1.[N-]=[N+]=Nc1ccc(/C=N/NC(=O)CN2CCN(Cc3ccccc3)CC2)c(O)c1.[N-]=[N+]=Nc1ccc(C(=O)O)c(O)c1.[N-]=[N+]=Nc1ccc(C=O)c(O)c1. The van der Waals surface area contributed by atoms with E-state index in [1.807, 2.05) is 24.3 Å². The van der Waals surface area contributed by atoms with Gasteiger partial charge in [-0.3, -0.25) is 39.4 Å². The molecule has 2 saturated heterocycles. The molecule has 2 aliphatic rings. The van der Waals surface area contributed by atoms with Crippen molar-refractivity contribution in [1.82, 2.24) is 30.5 Å². The zero-order valence-corrected chi connectivity index (χ0v) is 44.5. The third kappa shape index (κ3) is 23.6. The van der Waals surface area contributed by atoms with E-state index in [9.17, 15) is 29.1 Å². The molecule has 0 unspecified atom stereocenters.